The Morgan fingerprint density at radius 2 is 1.83 bits per heavy atom. The van der Waals surface area contributed by atoms with Gasteiger partial charge >= 0.3 is 5.97 Å². The Morgan fingerprint density at radius 3 is 2.52 bits per heavy atom. The molecule has 154 valence electrons. The highest BCUT2D eigenvalue weighted by Gasteiger charge is 2.19. The molecular formula is C20H22N2O5S2. The van der Waals surface area contributed by atoms with Gasteiger partial charge in [0.15, 0.2) is 6.10 Å². The molecule has 1 unspecified atom stereocenters. The highest BCUT2D eigenvalue weighted by molar-refractivity contribution is 8.00. The number of rotatable bonds is 7. The van der Waals surface area contributed by atoms with Crippen LogP contribution in [0.4, 0.5) is 5.69 Å². The first-order valence-electron chi connectivity index (χ1n) is 9.10. The summed E-state index contributed by atoms with van der Waals surface area (Å²) >= 11 is 1.38. The molecule has 0 radical (unpaired) electrons. The lowest BCUT2D eigenvalue weighted by atomic mass is 10.1. The number of benzene rings is 2. The Bertz CT molecular complexity index is 1020. The molecule has 29 heavy (non-hydrogen) atoms. The van der Waals surface area contributed by atoms with Crippen LogP contribution in [0.1, 0.15) is 24.5 Å². The van der Waals surface area contributed by atoms with Crippen molar-refractivity contribution in [1.29, 1.82) is 0 Å². The number of nitrogens with two attached hydrogens (primary N) is 1. The Labute approximate surface area is 174 Å². The number of thioether (sulfide) groups is 1. The van der Waals surface area contributed by atoms with Crippen LogP contribution in [-0.2, 0) is 37.2 Å². The van der Waals surface area contributed by atoms with Crippen molar-refractivity contribution in [3.8, 4) is 0 Å². The topological polar surface area (TPSA) is 116 Å². The summed E-state index contributed by atoms with van der Waals surface area (Å²) in [5.74, 6) is -0.883. The summed E-state index contributed by atoms with van der Waals surface area (Å²) < 4.78 is 27.7. The molecule has 0 aliphatic heterocycles. The lowest BCUT2D eigenvalue weighted by molar-refractivity contribution is -0.150. The van der Waals surface area contributed by atoms with Gasteiger partial charge in [0.25, 0.3) is 5.91 Å². The minimum Gasteiger partial charge on any atom is -0.452 e. The average Bonchev–Trinajstić information content (AvgIpc) is 3.14. The molecule has 7 nitrogen and oxygen atoms in total. The van der Waals surface area contributed by atoms with Crippen LogP contribution in [0.2, 0.25) is 0 Å². The zero-order valence-corrected chi connectivity index (χ0v) is 17.5. The molecule has 9 heteroatoms. The zero-order valence-electron chi connectivity index (χ0n) is 15.9. The van der Waals surface area contributed by atoms with Crippen molar-refractivity contribution in [3.05, 3.63) is 53.6 Å². The normalized spacial score (nSPS) is 14.1. The third kappa shape index (κ3) is 5.81. The van der Waals surface area contributed by atoms with Crippen molar-refractivity contribution in [3.63, 3.8) is 0 Å². The molecule has 1 aliphatic rings. The number of carbonyl (C=O) groups excluding carboxylic acids is 2. The number of fused-ring (bicyclic) bond motifs is 1. The maximum Gasteiger partial charge on any atom is 0.317 e. The standard InChI is InChI=1S/C20H22N2O5S2/c1-13(20(24)22-16-6-9-18(10-7-16)29(21,25)26)27-19(23)12-28-17-8-5-14-3-2-4-15(14)11-17/h5-11,13H,2-4,12H2,1H3,(H,22,24)(H2,21,25,26). The van der Waals surface area contributed by atoms with E-state index in [0.29, 0.717) is 5.69 Å². The molecule has 3 rings (SSSR count). The molecular weight excluding hydrogens is 412 g/mol. The monoisotopic (exact) mass is 434 g/mol. The number of ether oxygens (including phenoxy) is 1. The van der Waals surface area contributed by atoms with Crippen LogP contribution in [-0.4, -0.2) is 32.2 Å². The Kier molecular flexibility index (Phi) is 6.61. The molecule has 0 aromatic heterocycles. The minimum atomic E-state index is -3.80. The fourth-order valence-corrected chi connectivity index (χ4v) is 4.29. The molecule has 2 aromatic carbocycles. The molecule has 0 heterocycles. The van der Waals surface area contributed by atoms with E-state index in [9.17, 15) is 18.0 Å². The molecule has 0 spiro atoms. The smallest absolute Gasteiger partial charge is 0.317 e. The maximum atomic E-state index is 12.2. The second-order valence-corrected chi connectivity index (χ2v) is 9.37. The highest BCUT2D eigenvalue weighted by Crippen LogP contribution is 2.27. The average molecular weight is 435 g/mol. The van der Waals surface area contributed by atoms with Crippen molar-refractivity contribution < 1.29 is 22.7 Å². The first kappa shape index (κ1) is 21.4. The molecule has 2 aromatic rings. The van der Waals surface area contributed by atoms with E-state index in [1.807, 2.05) is 6.07 Å². The second-order valence-electron chi connectivity index (χ2n) is 6.76. The zero-order chi connectivity index (χ0) is 21.0. The predicted molar refractivity (Wildman–Crippen MR) is 111 cm³/mol. The molecule has 1 atom stereocenters. The van der Waals surface area contributed by atoms with Crippen LogP contribution in [0.25, 0.3) is 0 Å². The number of sulfonamides is 1. The first-order valence-corrected chi connectivity index (χ1v) is 11.6. The summed E-state index contributed by atoms with van der Waals surface area (Å²) in [5.41, 5.74) is 3.08. The summed E-state index contributed by atoms with van der Waals surface area (Å²) in [6.07, 6.45) is 2.37. The van der Waals surface area contributed by atoms with Crippen LogP contribution in [0, 0.1) is 0 Å². The van der Waals surface area contributed by atoms with E-state index in [1.54, 1.807) is 0 Å². The number of primary sulfonamides is 1. The van der Waals surface area contributed by atoms with E-state index < -0.39 is 28.0 Å². The highest BCUT2D eigenvalue weighted by atomic mass is 32.2. The SMILES string of the molecule is CC(OC(=O)CSc1ccc2c(c1)CCC2)C(=O)Nc1ccc(S(N)(=O)=O)cc1. The Morgan fingerprint density at radius 1 is 1.14 bits per heavy atom. The quantitative estimate of drug-likeness (QED) is 0.511. The van der Waals surface area contributed by atoms with Crippen LogP contribution in [0.3, 0.4) is 0 Å². The summed E-state index contributed by atoms with van der Waals surface area (Å²) in [7, 11) is -3.80. The van der Waals surface area contributed by atoms with E-state index in [0.717, 1.165) is 17.7 Å². The molecule has 0 fully saturated rings. The number of nitrogens with one attached hydrogen (secondary N) is 1. The van der Waals surface area contributed by atoms with Gasteiger partial charge in [-0.3, -0.25) is 9.59 Å². The van der Waals surface area contributed by atoms with Gasteiger partial charge in [0.05, 0.1) is 10.6 Å². The lowest BCUT2D eigenvalue weighted by Crippen LogP contribution is -2.30. The number of amides is 1. The fourth-order valence-electron chi connectivity index (χ4n) is 3.04. The number of esters is 1. The van der Waals surface area contributed by atoms with Crippen molar-refractivity contribution >= 4 is 39.3 Å². The number of hydrogen-bond acceptors (Lipinski definition) is 6. The van der Waals surface area contributed by atoms with Gasteiger partial charge in [-0.15, -0.1) is 11.8 Å². The van der Waals surface area contributed by atoms with Gasteiger partial charge in [-0.25, -0.2) is 13.6 Å². The minimum absolute atomic E-state index is 0.0569. The van der Waals surface area contributed by atoms with Gasteiger partial charge < -0.3 is 10.1 Å². The van der Waals surface area contributed by atoms with Crippen LogP contribution in [0.5, 0.6) is 0 Å². The molecule has 0 saturated heterocycles. The fraction of sp³-hybridized carbons (Fsp3) is 0.300. The molecule has 0 saturated carbocycles. The second kappa shape index (κ2) is 8.98. The van der Waals surface area contributed by atoms with Gasteiger partial charge in [-0.2, -0.15) is 0 Å². The van der Waals surface area contributed by atoms with Crippen molar-refractivity contribution in [2.45, 2.75) is 42.1 Å². The largest absolute Gasteiger partial charge is 0.452 e. The summed E-state index contributed by atoms with van der Waals surface area (Å²) in [4.78, 5) is 25.2. The van der Waals surface area contributed by atoms with Gasteiger partial charge in [0.2, 0.25) is 10.0 Å². The number of anilines is 1. The van der Waals surface area contributed by atoms with Crippen molar-refractivity contribution in [2.75, 3.05) is 11.1 Å². The van der Waals surface area contributed by atoms with E-state index in [-0.39, 0.29) is 10.6 Å². The van der Waals surface area contributed by atoms with E-state index in [1.165, 1.54) is 60.5 Å². The van der Waals surface area contributed by atoms with Gasteiger partial charge in [0, 0.05) is 10.6 Å². The van der Waals surface area contributed by atoms with E-state index in [2.05, 4.69) is 17.4 Å². The van der Waals surface area contributed by atoms with E-state index in [4.69, 9.17) is 9.88 Å². The van der Waals surface area contributed by atoms with Crippen LogP contribution >= 0.6 is 11.8 Å². The molecule has 3 N–H and O–H groups in total. The van der Waals surface area contributed by atoms with Crippen LogP contribution in [0.15, 0.2) is 52.3 Å². The number of aryl methyl sites for hydroxylation is 2. The van der Waals surface area contributed by atoms with Crippen molar-refractivity contribution in [1.82, 2.24) is 0 Å². The maximum absolute atomic E-state index is 12.2. The summed E-state index contributed by atoms with van der Waals surface area (Å²) in [5, 5.41) is 7.60. The predicted octanol–water partition coefficient (Wildman–Crippen LogP) is 2.49. The first-order chi connectivity index (χ1) is 13.7. The summed E-state index contributed by atoms with van der Waals surface area (Å²) in [6.45, 7) is 1.48. The molecule has 1 amide bonds. The molecule has 0 bridgehead atoms. The third-order valence-corrected chi connectivity index (χ3v) is 6.45. The number of hydrogen-bond donors (Lipinski definition) is 2. The Hall–Kier alpha value is -2.36. The van der Waals surface area contributed by atoms with Crippen LogP contribution < -0.4 is 10.5 Å². The lowest BCUT2D eigenvalue weighted by Gasteiger charge is -2.14. The third-order valence-electron chi connectivity index (χ3n) is 4.55. The van der Waals surface area contributed by atoms with Gasteiger partial charge in [-0.1, -0.05) is 6.07 Å². The van der Waals surface area contributed by atoms with Gasteiger partial charge in [0.1, 0.15) is 0 Å². The van der Waals surface area contributed by atoms with Gasteiger partial charge in [-0.05, 0) is 73.7 Å². The summed E-state index contributed by atoms with van der Waals surface area (Å²) in [6, 6.07) is 11.6. The molecule has 1 aliphatic carbocycles. The Balaban J connectivity index is 1.48. The number of carbonyl (C=O) groups is 2. The van der Waals surface area contributed by atoms with E-state index >= 15 is 0 Å². The van der Waals surface area contributed by atoms with Crippen molar-refractivity contribution in [2.24, 2.45) is 5.14 Å².